The predicted molar refractivity (Wildman–Crippen MR) is 136 cm³/mol. The van der Waals surface area contributed by atoms with Gasteiger partial charge in [0.25, 0.3) is 5.91 Å². The van der Waals surface area contributed by atoms with Crippen LogP contribution in [0.25, 0.3) is 11.0 Å². The number of ether oxygens (including phenoxy) is 5. The van der Waals surface area contributed by atoms with Gasteiger partial charge in [0.15, 0.2) is 17.6 Å². The van der Waals surface area contributed by atoms with Crippen molar-refractivity contribution < 1.29 is 32.9 Å². The maximum absolute atomic E-state index is 13.7. The van der Waals surface area contributed by atoms with E-state index in [1.165, 1.54) is 21.3 Å². The second-order valence-electron chi connectivity index (χ2n) is 8.32. The molecule has 1 aromatic heterocycles. The number of anilines is 1. The maximum atomic E-state index is 13.7. The second-order valence-corrected chi connectivity index (χ2v) is 8.32. The van der Waals surface area contributed by atoms with Crippen molar-refractivity contribution in [1.82, 2.24) is 0 Å². The van der Waals surface area contributed by atoms with Crippen molar-refractivity contribution in [2.75, 3.05) is 33.8 Å². The Morgan fingerprint density at radius 3 is 2.16 bits per heavy atom. The number of carbonyl (C=O) groups is 1. The lowest BCUT2D eigenvalue weighted by Crippen LogP contribution is -2.35. The van der Waals surface area contributed by atoms with Crippen LogP contribution in [0.2, 0.25) is 0 Å². The van der Waals surface area contributed by atoms with E-state index >= 15 is 0 Å². The van der Waals surface area contributed by atoms with Gasteiger partial charge >= 0.3 is 5.63 Å². The Labute approximate surface area is 212 Å². The summed E-state index contributed by atoms with van der Waals surface area (Å²) in [6.07, 6.45) is -1.06. The quantitative estimate of drug-likeness (QED) is 0.371. The first-order chi connectivity index (χ1) is 18.0. The summed E-state index contributed by atoms with van der Waals surface area (Å²) in [6.45, 7) is 0. The SMILES string of the molecule is COc1ccc([C@H]2c3c(c4ccccc4oc3=O)O[C@H]2C(=O)Nc2cc(OC)c(OC)c(OC)c2)cc1. The van der Waals surface area contributed by atoms with E-state index < -0.39 is 23.6 Å². The summed E-state index contributed by atoms with van der Waals surface area (Å²) < 4.78 is 33.3. The summed E-state index contributed by atoms with van der Waals surface area (Å²) in [7, 11) is 6.04. The summed E-state index contributed by atoms with van der Waals surface area (Å²) in [4.78, 5) is 26.8. The van der Waals surface area contributed by atoms with Crippen LogP contribution >= 0.6 is 0 Å². The summed E-state index contributed by atoms with van der Waals surface area (Å²) in [5.41, 5.74) is 1.22. The van der Waals surface area contributed by atoms with E-state index in [0.717, 1.165) is 0 Å². The molecule has 0 fully saturated rings. The molecule has 5 rings (SSSR count). The third kappa shape index (κ3) is 4.18. The van der Waals surface area contributed by atoms with Crippen LogP contribution in [0, 0.1) is 0 Å². The Bertz CT molecular complexity index is 1500. The number of carbonyl (C=O) groups excluding carboxylic acids is 1. The highest BCUT2D eigenvalue weighted by atomic mass is 16.5. The van der Waals surface area contributed by atoms with Gasteiger partial charge in [-0.25, -0.2) is 4.79 Å². The highest BCUT2D eigenvalue weighted by molar-refractivity contribution is 5.98. The van der Waals surface area contributed by atoms with Gasteiger partial charge in [0, 0.05) is 17.8 Å². The lowest BCUT2D eigenvalue weighted by atomic mass is 9.88. The molecule has 1 aliphatic heterocycles. The number of hydrogen-bond acceptors (Lipinski definition) is 8. The first-order valence-corrected chi connectivity index (χ1v) is 11.5. The fourth-order valence-corrected chi connectivity index (χ4v) is 4.60. The first-order valence-electron chi connectivity index (χ1n) is 11.5. The largest absolute Gasteiger partial charge is 0.497 e. The van der Waals surface area contributed by atoms with Gasteiger partial charge in [-0.05, 0) is 29.8 Å². The molecule has 190 valence electrons. The average molecular weight is 504 g/mol. The highest BCUT2D eigenvalue weighted by Crippen LogP contribution is 2.45. The fourth-order valence-electron chi connectivity index (χ4n) is 4.60. The van der Waals surface area contributed by atoms with Gasteiger partial charge in [0.05, 0.1) is 45.3 Å². The number of nitrogens with one attached hydrogen (secondary N) is 1. The van der Waals surface area contributed by atoms with Gasteiger partial charge in [0.1, 0.15) is 17.1 Å². The Hall–Kier alpha value is -4.66. The molecule has 37 heavy (non-hydrogen) atoms. The molecule has 9 heteroatoms. The Balaban J connectivity index is 1.59. The highest BCUT2D eigenvalue weighted by Gasteiger charge is 2.44. The van der Waals surface area contributed by atoms with E-state index in [1.54, 1.807) is 61.7 Å². The van der Waals surface area contributed by atoms with Crippen LogP contribution in [0.3, 0.4) is 0 Å². The maximum Gasteiger partial charge on any atom is 0.344 e. The van der Waals surface area contributed by atoms with E-state index in [9.17, 15) is 9.59 Å². The summed E-state index contributed by atoms with van der Waals surface area (Å²) in [6, 6.07) is 17.4. The van der Waals surface area contributed by atoms with Gasteiger partial charge in [-0.2, -0.15) is 0 Å². The van der Waals surface area contributed by atoms with Gasteiger partial charge in [-0.15, -0.1) is 0 Å². The molecule has 0 radical (unpaired) electrons. The minimum Gasteiger partial charge on any atom is -0.497 e. The standard InChI is InChI=1S/C28H25NO8/c1-32-17-11-9-15(10-12-17)22-23-24(18-7-5-6-8-19(18)36-28(23)31)37-26(22)27(30)29-16-13-20(33-2)25(35-4)21(14-16)34-3/h5-14,22,26H,1-4H3,(H,29,30)/t22-,26+/m0/s1. The summed E-state index contributed by atoms with van der Waals surface area (Å²) >= 11 is 0. The average Bonchev–Trinajstić information content (AvgIpc) is 3.34. The molecule has 2 heterocycles. The number of amides is 1. The van der Waals surface area contributed by atoms with Crippen LogP contribution in [0.5, 0.6) is 28.7 Å². The van der Waals surface area contributed by atoms with Gasteiger partial charge in [0.2, 0.25) is 5.75 Å². The van der Waals surface area contributed by atoms with E-state index in [2.05, 4.69) is 5.32 Å². The number of benzene rings is 3. The molecule has 0 bridgehead atoms. The molecule has 0 unspecified atom stereocenters. The van der Waals surface area contributed by atoms with Crippen molar-refractivity contribution in [3.8, 4) is 28.7 Å². The molecular formula is C28H25NO8. The van der Waals surface area contributed by atoms with Crippen LogP contribution in [-0.4, -0.2) is 40.5 Å². The van der Waals surface area contributed by atoms with Crippen LogP contribution in [0.1, 0.15) is 17.0 Å². The lowest BCUT2D eigenvalue weighted by Gasteiger charge is -2.20. The zero-order chi connectivity index (χ0) is 26.1. The van der Waals surface area contributed by atoms with Gasteiger partial charge in [-0.3, -0.25) is 4.79 Å². The van der Waals surface area contributed by atoms with Crippen molar-refractivity contribution in [1.29, 1.82) is 0 Å². The zero-order valence-electron chi connectivity index (χ0n) is 20.7. The van der Waals surface area contributed by atoms with Crippen molar-refractivity contribution in [3.05, 3.63) is 82.2 Å². The Morgan fingerprint density at radius 1 is 0.865 bits per heavy atom. The molecule has 3 aromatic carbocycles. The topological polar surface area (TPSA) is 105 Å². The summed E-state index contributed by atoms with van der Waals surface area (Å²) in [5.74, 6) is 0.952. The van der Waals surface area contributed by atoms with Crippen LogP contribution in [-0.2, 0) is 4.79 Å². The first kappa shape index (κ1) is 24.1. The van der Waals surface area contributed by atoms with Crippen LogP contribution in [0.15, 0.2) is 69.9 Å². The second kappa shape index (κ2) is 9.77. The molecule has 2 atom stereocenters. The molecule has 4 aromatic rings. The number of fused-ring (bicyclic) bond motifs is 3. The minimum absolute atomic E-state index is 0.286. The normalized spacial score (nSPS) is 16.0. The number of para-hydroxylation sites is 1. The number of hydrogen-bond donors (Lipinski definition) is 1. The molecule has 1 N–H and O–H groups in total. The monoisotopic (exact) mass is 503 g/mol. The zero-order valence-corrected chi connectivity index (χ0v) is 20.7. The smallest absolute Gasteiger partial charge is 0.344 e. The van der Waals surface area contributed by atoms with Crippen molar-refractivity contribution in [3.63, 3.8) is 0 Å². The Morgan fingerprint density at radius 2 is 1.54 bits per heavy atom. The third-order valence-corrected chi connectivity index (χ3v) is 6.32. The van der Waals surface area contributed by atoms with E-state index in [4.69, 9.17) is 28.1 Å². The van der Waals surface area contributed by atoms with Crippen LogP contribution < -0.4 is 34.6 Å². The number of methoxy groups -OCH3 is 4. The molecule has 0 spiro atoms. The molecule has 1 amide bonds. The molecule has 0 saturated heterocycles. The predicted octanol–water partition coefficient (Wildman–Crippen LogP) is 4.36. The van der Waals surface area contributed by atoms with Gasteiger partial charge < -0.3 is 33.4 Å². The van der Waals surface area contributed by atoms with Crippen molar-refractivity contribution >= 4 is 22.6 Å². The lowest BCUT2D eigenvalue weighted by molar-refractivity contribution is -0.122. The summed E-state index contributed by atoms with van der Waals surface area (Å²) in [5, 5.41) is 3.48. The van der Waals surface area contributed by atoms with Crippen LogP contribution in [0.4, 0.5) is 5.69 Å². The van der Waals surface area contributed by atoms with Gasteiger partial charge in [-0.1, -0.05) is 24.3 Å². The molecular weight excluding hydrogens is 478 g/mol. The molecule has 0 saturated carbocycles. The minimum atomic E-state index is -1.06. The fraction of sp³-hybridized carbons (Fsp3) is 0.214. The molecule has 1 aliphatic rings. The number of rotatable bonds is 7. The van der Waals surface area contributed by atoms with Crippen molar-refractivity contribution in [2.45, 2.75) is 12.0 Å². The Kier molecular flexibility index (Phi) is 6.35. The van der Waals surface area contributed by atoms with E-state index in [-0.39, 0.29) is 5.56 Å². The molecule has 9 nitrogen and oxygen atoms in total. The van der Waals surface area contributed by atoms with Crippen molar-refractivity contribution in [2.24, 2.45) is 0 Å². The molecule has 0 aliphatic carbocycles. The third-order valence-electron chi connectivity index (χ3n) is 6.32. The van der Waals surface area contributed by atoms with E-state index in [0.29, 0.717) is 51.0 Å². The van der Waals surface area contributed by atoms with E-state index in [1.807, 2.05) is 6.07 Å².